The van der Waals surface area contributed by atoms with Gasteiger partial charge < -0.3 is 5.32 Å². The Morgan fingerprint density at radius 2 is 2.15 bits per heavy atom. The third kappa shape index (κ3) is 2.20. The van der Waals surface area contributed by atoms with E-state index in [1.165, 1.54) is 11.3 Å². The maximum absolute atomic E-state index is 9.26. The van der Waals surface area contributed by atoms with Crippen LogP contribution < -0.4 is 5.32 Å². The Bertz CT molecular complexity index is 835. The summed E-state index contributed by atoms with van der Waals surface area (Å²) in [4.78, 5) is 9.20. The number of thiophene rings is 1. The number of hydrogen-bond acceptors (Lipinski definition) is 5. The van der Waals surface area contributed by atoms with E-state index in [9.17, 15) is 5.26 Å². The molecular weight excluding hydrogens is 292 g/mol. The highest BCUT2D eigenvalue weighted by molar-refractivity contribution is 7.16. The first-order valence-electron chi connectivity index (χ1n) is 5.86. The average Bonchev–Trinajstić information content (AvgIpc) is 2.87. The summed E-state index contributed by atoms with van der Waals surface area (Å²) < 4.78 is 0. The maximum Gasteiger partial charge on any atom is 0.225 e. The second-order valence-electron chi connectivity index (χ2n) is 4.21. The van der Waals surface area contributed by atoms with Crippen molar-refractivity contribution in [3.63, 3.8) is 0 Å². The van der Waals surface area contributed by atoms with Crippen LogP contribution in [0.1, 0.15) is 11.1 Å². The number of nitriles is 1. The van der Waals surface area contributed by atoms with Crippen molar-refractivity contribution in [2.45, 2.75) is 6.92 Å². The minimum absolute atomic E-state index is 0.189. The molecule has 0 bridgehead atoms. The number of nitrogens with one attached hydrogen (secondary N) is 1. The first kappa shape index (κ1) is 12.9. The van der Waals surface area contributed by atoms with Crippen LogP contribution >= 0.6 is 22.9 Å². The van der Waals surface area contributed by atoms with Gasteiger partial charge in [0.1, 0.15) is 16.7 Å². The van der Waals surface area contributed by atoms with Crippen LogP contribution in [0.25, 0.3) is 10.2 Å². The highest BCUT2D eigenvalue weighted by atomic mass is 35.5. The number of aromatic nitrogens is 2. The van der Waals surface area contributed by atoms with Gasteiger partial charge in [0.15, 0.2) is 0 Å². The lowest BCUT2D eigenvalue weighted by Crippen LogP contribution is -1.99. The van der Waals surface area contributed by atoms with Gasteiger partial charge in [0.25, 0.3) is 0 Å². The third-order valence-electron chi connectivity index (χ3n) is 2.94. The van der Waals surface area contributed by atoms with Crippen LogP contribution in [0.2, 0.25) is 5.28 Å². The van der Waals surface area contributed by atoms with Gasteiger partial charge in [0.05, 0.1) is 16.6 Å². The Morgan fingerprint density at radius 3 is 2.95 bits per heavy atom. The Labute approximate surface area is 124 Å². The summed E-state index contributed by atoms with van der Waals surface area (Å²) in [7, 11) is 0. The van der Waals surface area contributed by atoms with E-state index >= 15 is 0 Å². The molecule has 0 saturated heterocycles. The van der Waals surface area contributed by atoms with Crippen LogP contribution in [0.4, 0.5) is 11.5 Å². The minimum Gasteiger partial charge on any atom is -0.338 e. The van der Waals surface area contributed by atoms with Crippen molar-refractivity contribution < 1.29 is 0 Å². The highest BCUT2D eigenvalue weighted by Crippen LogP contribution is 2.30. The number of halogens is 1. The molecule has 1 N–H and O–H groups in total. The molecule has 0 saturated carbocycles. The minimum atomic E-state index is 0.189. The van der Waals surface area contributed by atoms with Gasteiger partial charge in [-0.1, -0.05) is 12.1 Å². The molecule has 3 aromatic rings. The summed E-state index contributed by atoms with van der Waals surface area (Å²) in [5.74, 6) is 0.614. The van der Waals surface area contributed by atoms with Crippen molar-refractivity contribution in [3.8, 4) is 6.07 Å². The average molecular weight is 301 g/mol. The zero-order valence-electron chi connectivity index (χ0n) is 10.5. The molecule has 2 heterocycles. The van der Waals surface area contributed by atoms with Crippen LogP contribution in [-0.4, -0.2) is 9.97 Å². The molecule has 0 aliphatic heterocycles. The number of benzene rings is 1. The lowest BCUT2D eigenvalue weighted by atomic mass is 10.1. The van der Waals surface area contributed by atoms with Crippen molar-refractivity contribution in [2.75, 3.05) is 5.32 Å². The number of aryl methyl sites for hydroxylation is 1. The molecule has 0 amide bonds. The molecule has 4 nitrogen and oxygen atoms in total. The fourth-order valence-corrected chi connectivity index (χ4v) is 2.96. The van der Waals surface area contributed by atoms with E-state index in [-0.39, 0.29) is 5.28 Å². The first-order chi connectivity index (χ1) is 9.69. The Balaban J connectivity index is 2.13. The van der Waals surface area contributed by atoms with Crippen LogP contribution in [0.15, 0.2) is 29.6 Å². The largest absolute Gasteiger partial charge is 0.338 e. The number of anilines is 2. The van der Waals surface area contributed by atoms with Crippen molar-refractivity contribution >= 4 is 44.7 Å². The zero-order valence-corrected chi connectivity index (χ0v) is 12.1. The predicted octanol–water partition coefficient (Wildman–Crippen LogP) is 4.27. The molecule has 0 radical (unpaired) electrons. The first-order valence-corrected chi connectivity index (χ1v) is 7.12. The predicted molar refractivity (Wildman–Crippen MR) is 81.6 cm³/mol. The van der Waals surface area contributed by atoms with Gasteiger partial charge in [0.2, 0.25) is 5.28 Å². The van der Waals surface area contributed by atoms with Crippen molar-refractivity contribution in [1.29, 1.82) is 5.26 Å². The standard InChI is InChI=1S/C14H9ClN4S/c1-8-3-2-4-11(10(8)7-16)17-12-9-5-6-20-13(9)19-14(15)18-12/h2-6H,1H3,(H,17,18,19). The number of hydrogen-bond donors (Lipinski definition) is 1. The lowest BCUT2D eigenvalue weighted by molar-refractivity contribution is 1.23. The third-order valence-corrected chi connectivity index (χ3v) is 3.91. The van der Waals surface area contributed by atoms with Crippen LogP contribution in [0.5, 0.6) is 0 Å². The molecule has 2 aromatic heterocycles. The molecule has 0 aliphatic rings. The van der Waals surface area contributed by atoms with E-state index in [1.54, 1.807) is 0 Å². The number of rotatable bonds is 2. The summed E-state index contributed by atoms with van der Waals surface area (Å²) in [6.07, 6.45) is 0. The summed E-state index contributed by atoms with van der Waals surface area (Å²) in [5.41, 5.74) is 2.24. The van der Waals surface area contributed by atoms with Gasteiger partial charge in [-0.2, -0.15) is 10.2 Å². The van der Waals surface area contributed by atoms with Gasteiger partial charge in [0, 0.05) is 0 Å². The van der Waals surface area contributed by atoms with Gasteiger partial charge in [-0.3, -0.25) is 0 Å². The lowest BCUT2D eigenvalue weighted by Gasteiger charge is -2.10. The fourth-order valence-electron chi connectivity index (χ4n) is 1.97. The van der Waals surface area contributed by atoms with Crippen LogP contribution in [0, 0.1) is 18.3 Å². The van der Waals surface area contributed by atoms with Crippen LogP contribution in [-0.2, 0) is 0 Å². The molecule has 0 spiro atoms. The van der Waals surface area contributed by atoms with Gasteiger partial charge >= 0.3 is 0 Å². The molecule has 98 valence electrons. The molecule has 3 rings (SSSR count). The van der Waals surface area contributed by atoms with E-state index in [1.807, 2.05) is 36.6 Å². The smallest absolute Gasteiger partial charge is 0.225 e. The zero-order chi connectivity index (χ0) is 14.1. The van der Waals surface area contributed by atoms with E-state index in [2.05, 4.69) is 21.4 Å². The molecular formula is C14H9ClN4S. The molecule has 20 heavy (non-hydrogen) atoms. The van der Waals surface area contributed by atoms with Gasteiger partial charge in [-0.05, 0) is 41.6 Å². The summed E-state index contributed by atoms with van der Waals surface area (Å²) in [6.45, 7) is 1.90. The maximum atomic E-state index is 9.26. The van der Waals surface area contributed by atoms with E-state index in [0.717, 1.165) is 21.5 Å². The monoisotopic (exact) mass is 300 g/mol. The molecule has 1 aromatic carbocycles. The summed E-state index contributed by atoms with van der Waals surface area (Å²) in [6, 6.07) is 9.78. The summed E-state index contributed by atoms with van der Waals surface area (Å²) >= 11 is 7.43. The second kappa shape index (κ2) is 5.08. The number of fused-ring (bicyclic) bond motifs is 1. The van der Waals surface area contributed by atoms with Crippen molar-refractivity contribution in [3.05, 3.63) is 46.1 Å². The van der Waals surface area contributed by atoms with Crippen molar-refractivity contribution in [1.82, 2.24) is 9.97 Å². The molecule has 0 aliphatic carbocycles. The Morgan fingerprint density at radius 1 is 1.30 bits per heavy atom. The van der Waals surface area contributed by atoms with E-state index < -0.39 is 0 Å². The number of nitrogens with zero attached hydrogens (tertiary/aromatic N) is 3. The van der Waals surface area contributed by atoms with Crippen molar-refractivity contribution in [2.24, 2.45) is 0 Å². The van der Waals surface area contributed by atoms with Gasteiger partial charge in [-0.25, -0.2) is 4.98 Å². The molecule has 0 unspecified atom stereocenters. The quantitative estimate of drug-likeness (QED) is 0.718. The topological polar surface area (TPSA) is 61.6 Å². The Hall–Kier alpha value is -2.16. The molecule has 0 atom stereocenters. The van der Waals surface area contributed by atoms with Crippen LogP contribution in [0.3, 0.4) is 0 Å². The fraction of sp³-hybridized carbons (Fsp3) is 0.0714. The highest BCUT2D eigenvalue weighted by Gasteiger charge is 2.11. The van der Waals surface area contributed by atoms with E-state index in [0.29, 0.717) is 11.4 Å². The Kier molecular flexibility index (Phi) is 3.26. The normalized spacial score (nSPS) is 10.4. The summed E-state index contributed by atoms with van der Waals surface area (Å²) in [5, 5.41) is 15.5. The van der Waals surface area contributed by atoms with Gasteiger partial charge in [-0.15, -0.1) is 11.3 Å². The molecule has 6 heteroatoms. The SMILES string of the molecule is Cc1cccc(Nc2nc(Cl)nc3sccc23)c1C#N. The van der Waals surface area contributed by atoms with E-state index in [4.69, 9.17) is 11.6 Å². The molecule has 0 fully saturated rings. The second-order valence-corrected chi connectivity index (χ2v) is 5.45.